The third kappa shape index (κ3) is 2.70. The number of piperazine rings is 1. The van der Waals surface area contributed by atoms with E-state index in [2.05, 4.69) is 38.7 Å². The van der Waals surface area contributed by atoms with Gasteiger partial charge in [0.15, 0.2) is 0 Å². The SMILES string of the molecule is CCN1CCN(c2ccc(Br)cc2Cl)CC1. The Kier molecular flexibility index (Phi) is 4.11. The van der Waals surface area contributed by atoms with Gasteiger partial charge >= 0.3 is 0 Å². The molecule has 1 saturated heterocycles. The van der Waals surface area contributed by atoms with Crippen LogP contribution in [0.3, 0.4) is 0 Å². The van der Waals surface area contributed by atoms with Crippen molar-refractivity contribution in [3.8, 4) is 0 Å². The first-order valence-electron chi connectivity index (χ1n) is 5.63. The molecule has 0 saturated carbocycles. The van der Waals surface area contributed by atoms with Crippen molar-refractivity contribution >= 4 is 33.2 Å². The first-order valence-corrected chi connectivity index (χ1v) is 6.80. The molecule has 0 atom stereocenters. The van der Waals surface area contributed by atoms with Crippen LogP contribution in [0, 0.1) is 0 Å². The minimum Gasteiger partial charge on any atom is -0.368 e. The van der Waals surface area contributed by atoms with E-state index in [4.69, 9.17) is 11.6 Å². The quantitative estimate of drug-likeness (QED) is 0.827. The molecule has 16 heavy (non-hydrogen) atoms. The van der Waals surface area contributed by atoms with Gasteiger partial charge < -0.3 is 9.80 Å². The molecule has 1 aromatic rings. The molecule has 0 spiro atoms. The van der Waals surface area contributed by atoms with Crippen molar-refractivity contribution in [2.45, 2.75) is 6.92 Å². The van der Waals surface area contributed by atoms with Crippen LogP contribution in [0.4, 0.5) is 5.69 Å². The van der Waals surface area contributed by atoms with E-state index in [0.29, 0.717) is 0 Å². The monoisotopic (exact) mass is 302 g/mol. The molecule has 0 aliphatic carbocycles. The fourth-order valence-electron chi connectivity index (χ4n) is 2.04. The zero-order chi connectivity index (χ0) is 11.5. The molecule has 1 fully saturated rings. The summed E-state index contributed by atoms with van der Waals surface area (Å²) in [5, 5.41) is 0.833. The van der Waals surface area contributed by atoms with Crippen molar-refractivity contribution < 1.29 is 0 Å². The topological polar surface area (TPSA) is 6.48 Å². The van der Waals surface area contributed by atoms with Crippen molar-refractivity contribution in [1.29, 1.82) is 0 Å². The van der Waals surface area contributed by atoms with Gasteiger partial charge in [-0.1, -0.05) is 34.5 Å². The Morgan fingerprint density at radius 1 is 1.25 bits per heavy atom. The van der Waals surface area contributed by atoms with Gasteiger partial charge in [0, 0.05) is 30.7 Å². The lowest BCUT2D eigenvalue weighted by molar-refractivity contribution is 0.271. The van der Waals surface area contributed by atoms with E-state index in [1.807, 2.05) is 12.1 Å². The van der Waals surface area contributed by atoms with Crippen molar-refractivity contribution in [3.05, 3.63) is 27.7 Å². The van der Waals surface area contributed by atoms with Gasteiger partial charge in [-0.25, -0.2) is 0 Å². The fraction of sp³-hybridized carbons (Fsp3) is 0.500. The number of rotatable bonds is 2. The first-order chi connectivity index (χ1) is 7.70. The molecular formula is C12H16BrClN2. The number of halogens is 2. The average molecular weight is 304 g/mol. The Labute approximate surface area is 110 Å². The zero-order valence-electron chi connectivity index (χ0n) is 9.42. The van der Waals surface area contributed by atoms with E-state index in [-0.39, 0.29) is 0 Å². The highest BCUT2D eigenvalue weighted by Crippen LogP contribution is 2.29. The molecule has 0 radical (unpaired) electrons. The summed E-state index contributed by atoms with van der Waals surface area (Å²) in [5.41, 5.74) is 1.15. The Morgan fingerprint density at radius 2 is 1.94 bits per heavy atom. The second kappa shape index (κ2) is 5.39. The van der Waals surface area contributed by atoms with Gasteiger partial charge in [0.05, 0.1) is 10.7 Å². The predicted molar refractivity (Wildman–Crippen MR) is 73.5 cm³/mol. The van der Waals surface area contributed by atoms with Gasteiger partial charge in [0.1, 0.15) is 0 Å². The Balaban J connectivity index is 2.08. The highest BCUT2D eigenvalue weighted by atomic mass is 79.9. The summed E-state index contributed by atoms with van der Waals surface area (Å²) >= 11 is 9.68. The maximum Gasteiger partial charge on any atom is 0.0650 e. The van der Waals surface area contributed by atoms with E-state index in [1.165, 1.54) is 0 Å². The number of likely N-dealkylation sites (N-methyl/N-ethyl adjacent to an activating group) is 1. The number of benzene rings is 1. The fourth-order valence-corrected chi connectivity index (χ4v) is 2.84. The van der Waals surface area contributed by atoms with Crippen LogP contribution in [-0.4, -0.2) is 37.6 Å². The molecule has 0 bridgehead atoms. The standard InChI is InChI=1S/C12H16BrClN2/c1-2-15-5-7-16(8-6-15)12-4-3-10(13)9-11(12)14/h3-4,9H,2,5-8H2,1H3. The zero-order valence-corrected chi connectivity index (χ0v) is 11.8. The smallest absolute Gasteiger partial charge is 0.0650 e. The third-order valence-electron chi connectivity index (χ3n) is 3.07. The molecule has 1 aliphatic rings. The van der Waals surface area contributed by atoms with Crippen molar-refractivity contribution in [2.24, 2.45) is 0 Å². The Hall–Kier alpha value is -0.250. The van der Waals surface area contributed by atoms with Crippen LogP contribution in [0.25, 0.3) is 0 Å². The van der Waals surface area contributed by atoms with E-state index in [9.17, 15) is 0 Å². The Morgan fingerprint density at radius 3 is 2.50 bits per heavy atom. The number of hydrogen-bond acceptors (Lipinski definition) is 2. The summed E-state index contributed by atoms with van der Waals surface area (Å²) in [6.45, 7) is 7.74. The first kappa shape index (κ1) is 12.2. The molecule has 1 heterocycles. The third-order valence-corrected chi connectivity index (χ3v) is 3.87. The van der Waals surface area contributed by atoms with Crippen molar-refractivity contribution in [1.82, 2.24) is 4.90 Å². The average Bonchev–Trinajstić information content (AvgIpc) is 2.29. The summed E-state index contributed by atoms with van der Waals surface area (Å²) in [6.07, 6.45) is 0. The van der Waals surface area contributed by atoms with Crippen molar-refractivity contribution in [2.75, 3.05) is 37.6 Å². The van der Waals surface area contributed by atoms with E-state index in [0.717, 1.165) is 47.9 Å². The van der Waals surface area contributed by atoms with Crippen molar-refractivity contribution in [3.63, 3.8) is 0 Å². The molecule has 1 aliphatic heterocycles. The molecule has 88 valence electrons. The van der Waals surface area contributed by atoms with Crippen LogP contribution in [0.2, 0.25) is 5.02 Å². The molecule has 1 aromatic carbocycles. The van der Waals surface area contributed by atoms with Gasteiger partial charge in [-0.05, 0) is 24.7 Å². The maximum absolute atomic E-state index is 6.25. The van der Waals surface area contributed by atoms with Gasteiger partial charge in [-0.15, -0.1) is 0 Å². The number of anilines is 1. The van der Waals surface area contributed by atoms with Gasteiger partial charge in [-0.2, -0.15) is 0 Å². The van der Waals surface area contributed by atoms with Crippen LogP contribution >= 0.6 is 27.5 Å². The summed E-state index contributed by atoms with van der Waals surface area (Å²) < 4.78 is 1.04. The lowest BCUT2D eigenvalue weighted by Gasteiger charge is -2.35. The second-order valence-electron chi connectivity index (χ2n) is 4.02. The maximum atomic E-state index is 6.25. The summed E-state index contributed by atoms with van der Waals surface area (Å²) in [7, 11) is 0. The second-order valence-corrected chi connectivity index (χ2v) is 5.34. The summed E-state index contributed by atoms with van der Waals surface area (Å²) in [6, 6.07) is 6.10. The largest absolute Gasteiger partial charge is 0.368 e. The summed E-state index contributed by atoms with van der Waals surface area (Å²) in [5.74, 6) is 0. The van der Waals surface area contributed by atoms with Crippen LogP contribution in [0.1, 0.15) is 6.92 Å². The molecule has 4 heteroatoms. The minimum absolute atomic E-state index is 0.833. The molecule has 0 N–H and O–H groups in total. The predicted octanol–water partition coefficient (Wildman–Crippen LogP) is 3.24. The van der Waals surface area contributed by atoms with Crippen LogP contribution in [-0.2, 0) is 0 Å². The normalized spacial score (nSPS) is 17.8. The minimum atomic E-state index is 0.833. The van der Waals surface area contributed by atoms with Crippen LogP contribution < -0.4 is 4.90 Å². The van der Waals surface area contributed by atoms with Gasteiger partial charge in [0.25, 0.3) is 0 Å². The molecule has 0 unspecified atom stereocenters. The highest BCUT2D eigenvalue weighted by Gasteiger charge is 2.17. The molecule has 2 nitrogen and oxygen atoms in total. The van der Waals surface area contributed by atoms with E-state index in [1.54, 1.807) is 0 Å². The van der Waals surface area contributed by atoms with Gasteiger partial charge in [-0.3, -0.25) is 0 Å². The number of hydrogen-bond donors (Lipinski definition) is 0. The van der Waals surface area contributed by atoms with E-state index < -0.39 is 0 Å². The van der Waals surface area contributed by atoms with Crippen LogP contribution in [0.15, 0.2) is 22.7 Å². The molecule has 2 rings (SSSR count). The molecular weight excluding hydrogens is 288 g/mol. The van der Waals surface area contributed by atoms with Crippen LogP contribution in [0.5, 0.6) is 0 Å². The molecule has 0 aromatic heterocycles. The van der Waals surface area contributed by atoms with Gasteiger partial charge in [0.2, 0.25) is 0 Å². The van der Waals surface area contributed by atoms with E-state index >= 15 is 0 Å². The number of nitrogens with zero attached hydrogens (tertiary/aromatic N) is 2. The lowest BCUT2D eigenvalue weighted by atomic mass is 10.2. The Bertz CT molecular complexity index is 362. The summed E-state index contributed by atoms with van der Waals surface area (Å²) in [4.78, 5) is 4.82. The lowest BCUT2D eigenvalue weighted by Crippen LogP contribution is -2.46. The molecule has 0 amide bonds. The highest BCUT2D eigenvalue weighted by molar-refractivity contribution is 9.10.